The van der Waals surface area contributed by atoms with Crippen LogP contribution >= 0.6 is 0 Å². The Morgan fingerprint density at radius 1 is 0.625 bits per heavy atom. The van der Waals surface area contributed by atoms with Gasteiger partial charge in [-0.2, -0.15) is 26.3 Å². The van der Waals surface area contributed by atoms with Gasteiger partial charge in [-0.05, 0) is 23.3 Å². The zero-order chi connectivity index (χ0) is 41.1. The number of aldehydes is 1. The van der Waals surface area contributed by atoms with Gasteiger partial charge in [0.2, 0.25) is 0 Å². The van der Waals surface area contributed by atoms with Crippen LogP contribution < -0.4 is 0 Å². The quantitative estimate of drug-likeness (QED) is 0.0413. The van der Waals surface area contributed by atoms with Crippen LogP contribution in [-0.2, 0) is 29.1 Å². The summed E-state index contributed by atoms with van der Waals surface area (Å²) in [5.41, 5.74) is -6.02. The summed E-state index contributed by atoms with van der Waals surface area (Å²) in [6, 6.07) is 24.7. The van der Waals surface area contributed by atoms with E-state index < -0.39 is 51.8 Å². The molecule has 6 aromatic rings. The molecule has 292 valence electrons. The molecular weight excluding hydrogens is 750 g/mol. The molecule has 0 amide bonds. The molecule has 0 radical (unpaired) electrons. The smallest absolute Gasteiger partial charge is 0.376 e. The number of nitrogens with zero attached hydrogens (tertiary/aromatic N) is 4. The number of aliphatic hydroxyl groups is 2. The lowest BCUT2D eigenvalue weighted by Gasteiger charge is -2.29. The van der Waals surface area contributed by atoms with Crippen molar-refractivity contribution < 1.29 is 51.2 Å². The third-order valence-corrected chi connectivity index (χ3v) is 9.19. The number of rotatable bonds is 12. The summed E-state index contributed by atoms with van der Waals surface area (Å²) in [7, 11) is 0. The molecule has 2 aromatic heterocycles. The van der Waals surface area contributed by atoms with Crippen molar-refractivity contribution in [2.45, 2.75) is 49.5 Å². The van der Waals surface area contributed by atoms with E-state index in [1.807, 2.05) is 0 Å². The van der Waals surface area contributed by atoms with E-state index in [9.17, 15) is 61.6 Å². The molecule has 2 atom stereocenters. The SMILES string of the molecule is C=CCC(O)(c1cn(Cc2ccccc2)c2cc([N+](=O)[O-])ccc12)C(F)(F)F.O=CCC(O)(c1cn(Cc2ccccc2)c2cc([N+](=O)[O-])ccc12)C(F)(F)F. The Morgan fingerprint density at radius 3 is 1.32 bits per heavy atom. The molecule has 11 nitrogen and oxygen atoms in total. The van der Waals surface area contributed by atoms with E-state index in [-0.39, 0.29) is 58.1 Å². The molecule has 17 heteroatoms. The number of aromatic nitrogens is 2. The molecule has 0 saturated carbocycles. The van der Waals surface area contributed by atoms with E-state index in [4.69, 9.17) is 0 Å². The van der Waals surface area contributed by atoms with Crippen molar-refractivity contribution in [1.82, 2.24) is 9.13 Å². The standard InChI is InChI=1S/C20H17F3N2O3.C19H15F3N2O4/c1-2-10-19(26,20(21,22)23)17-13-24(12-14-6-4-3-5-7-14)18-11-15(25(27)28)8-9-16(17)18;20-19(21,22)18(26,8-9-25)16-12-23(11-13-4-2-1-3-5-13)17-10-14(24(27)28)6-7-15(16)17/h2-9,11,13,26H,1,10,12H2;1-7,9-10,12,26H,8,11H2. The van der Waals surface area contributed by atoms with Crippen LogP contribution in [0.15, 0.2) is 122 Å². The highest BCUT2D eigenvalue weighted by Gasteiger charge is 2.56. The summed E-state index contributed by atoms with van der Waals surface area (Å²) in [5.74, 6) is 0. The molecule has 0 fully saturated rings. The Kier molecular flexibility index (Phi) is 11.5. The minimum absolute atomic E-state index is 0.000745. The van der Waals surface area contributed by atoms with Gasteiger partial charge >= 0.3 is 12.4 Å². The molecule has 0 aliphatic heterocycles. The van der Waals surface area contributed by atoms with Crippen molar-refractivity contribution in [3.63, 3.8) is 0 Å². The van der Waals surface area contributed by atoms with Crippen LogP contribution in [0.3, 0.4) is 0 Å². The summed E-state index contributed by atoms with van der Waals surface area (Å²) < 4.78 is 84.9. The minimum Gasteiger partial charge on any atom is -0.376 e. The van der Waals surface area contributed by atoms with Crippen molar-refractivity contribution in [2.24, 2.45) is 0 Å². The fraction of sp³-hybridized carbons (Fsp3) is 0.205. The molecule has 6 rings (SSSR count). The number of carbonyl (C=O) groups is 1. The van der Waals surface area contributed by atoms with Crippen LogP contribution in [0.4, 0.5) is 37.7 Å². The van der Waals surface area contributed by atoms with Crippen molar-refractivity contribution >= 4 is 39.5 Å². The average molecular weight is 783 g/mol. The first-order valence-corrected chi connectivity index (χ1v) is 16.6. The first kappa shape index (κ1) is 40.8. The Bertz CT molecular complexity index is 2230. The molecule has 2 N–H and O–H groups in total. The lowest BCUT2D eigenvalue weighted by atomic mass is 9.89. The second kappa shape index (κ2) is 15.8. The van der Waals surface area contributed by atoms with Crippen LogP contribution in [0.5, 0.6) is 0 Å². The van der Waals surface area contributed by atoms with Gasteiger partial charge in [0.15, 0.2) is 11.2 Å². The largest absolute Gasteiger partial charge is 0.421 e. The molecule has 2 heterocycles. The molecule has 0 aliphatic carbocycles. The predicted molar refractivity (Wildman–Crippen MR) is 194 cm³/mol. The zero-order valence-corrected chi connectivity index (χ0v) is 29.1. The van der Waals surface area contributed by atoms with Gasteiger partial charge in [-0.3, -0.25) is 20.2 Å². The highest BCUT2D eigenvalue weighted by molar-refractivity contribution is 5.88. The van der Waals surface area contributed by atoms with Crippen molar-refractivity contribution in [3.8, 4) is 0 Å². The van der Waals surface area contributed by atoms with Crippen molar-refractivity contribution in [1.29, 1.82) is 0 Å². The topological polar surface area (TPSA) is 154 Å². The first-order valence-electron chi connectivity index (χ1n) is 16.6. The lowest BCUT2D eigenvalue weighted by molar-refractivity contribution is -0.384. The van der Waals surface area contributed by atoms with Crippen molar-refractivity contribution in [3.05, 3.63) is 165 Å². The van der Waals surface area contributed by atoms with Crippen LogP contribution in [-0.4, -0.2) is 47.8 Å². The van der Waals surface area contributed by atoms with E-state index in [2.05, 4.69) is 6.58 Å². The van der Waals surface area contributed by atoms with E-state index in [0.717, 1.165) is 47.7 Å². The van der Waals surface area contributed by atoms with Gasteiger partial charge in [-0.25, -0.2) is 0 Å². The van der Waals surface area contributed by atoms with Crippen LogP contribution in [0, 0.1) is 20.2 Å². The second-order valence-corrected chi connectivity index (χ2v) is 12.8. The predicted octanol–water partition coefficient (Wildman–Crippen LogP) is 8.86. The molecule has 0 saturated heterocycles. The maximum Gasteiger partial charge on any atom is 0.421 e. The summed E-state index contributed by atoms with van der Waals surface area (Å²) >= 11 is 0. The average Bonchev–Trinajstić information content (AvgIpc) is 3.70. The number of benzene rings is 4. The van der Waals surface area contributed by atoms with Gasteiger partial charge in [0.25, 0.3) is 11.4 Å². The number of non-ortho nitro benzene ring substituents is 2. The molecule has 0 aliphatic rings. The first-order chi connectivity index (χ1) is 26.3. The van der Waals surface area contributed by atoms with E-state index in [0.29, 0.717) is 0 Å². The Hall–Kier alpha value is -6.33. The van der Waals surface area contributed by atoms with E-state index in [1.165, 1.54) is 27.5 Å². The number of hydrogen-bond donors (Lipinski definition) is 2. The van der Waals surface area contributed by atoms with Crippen LogP contribution in [0.2, 0.25) is 0 Å². The van der Waals surface area contributed by atoms with Gasteiger partial charge in [0.1, 0.15) is 6.29 Å². The molecule has 0 bridgehead atoms. The Labute approximate surface area is 313 Å². The van der Waals surface area contributed by atoms with Crippen LogP contribution in [0.25, 0.3) is 21.8 Å². The van der Waals surface area contributed by atoms with E-state index >= 15 is 0 Å². The third kappa shape index (κ3) is 8.04. The summed E-state index contributed by atoms with van der Waals surface area (Å²) in [6.07, 6.45) is -8.68. The monoisotopic (exact) mass is 782 g/mol. The number of carbonyl (C=O) groups excluding carboxylic acids is 1. The second-order valence-electron chi connectivity index (χ2n) is 12.8. The lowest BCUT2D eigenvalue weighted by Crippen LogP contribution is -2.42. The fourth-order valence-electron chi connectivity index (χ4n) is 6.36. The van der Waals surface area contributed by atoms with Gasteiger partial charge in [-0.1, -0.05) is 66.7 Å². The molecule has 2 unspecified atom stereocenters. The number of alkyl halides is 6. The number of fused-ring (bicyclic) bond motifs is 2. The normalized spacial score (nSPS) is 14.0. The summed E-state index contributed by atoms with van der Waals surface area (Å²) in [6.45, 7) is 3.65. The maximum absolute atomic E-state index is 13.7. The van der Waals surface area contributed by atoms with Gasteiger partial charge in [-0.15, -0.1) is 6.58 Å². The highest BCUT2D eigenvalue weighted by Crippen LogP contribution is 2.46. The highest BCUT2D eigenvalue weighted by atomic mass is 19.4. The maximum atomic E-state index is 13.7. The Balaban J connectivity index is 0.000000214. The molecule has 56 heavy (non-hydrogen) atoms. The Morgan fingerprint density at radius 2 is 1.00 bits per heavy atom. The van der Waals surface area contributed by atoms with Gasteiger partial charge in [0.05, 0.1) is 20.9 Å². The van der Waals surface area contributed by atoms with Crippen LogP contribution in [0.1, 0.15) is 35.1 Å². The van der Waals surface area contributed by atoms with E-state index in [1.54, 1.807) is 60.7 Å². The minimum atomic E-state index is -5.11. The van der Waals surface area contributed by atoms with Gasteiger partial charge < -0.3 is 24.1 Å². The molecular formula is C39H32F6N4O7. The summed E-state index contributed by atoms with van der Waals surface area (Å²) in [4.78, 5) is 31.8. The molecule has 4 aromatic carbocycles. The number of nitro groups is 2. The number of hydrogen-bond acceptors (Lipinski definition) is 7. The molecule has 0 spiro atoms. The zero-order valence-electron chi connectivity index (χ0n) is 29.1. The third-order valence-electron chi connectivity index (χ3n) is 9.19. The fourth-order valence-corrected chi connectivity index (χ4v) is 6.36. The number of halogens is 6. The van der Waals surface area contributed by atoms with Crippen molar-refractivity contribution in [2.75, 3.05) is 0 Å². The summed E-state index contributed by atoms with van der Waals surface area (Å²) in [5, 5.41) is 43.2. The van der Waals surface area contributed by atoms with Gasteiger partial charge in [0, 0.05) is 84.5 Å². The number of nitro benzene ring substituents is 2.